The number of carbonyl (C=O) groups is 1. The Morgan fingerprint density at radius 3 is 2.52 bits per heavy atom. The highest BCUT2D eigenvalue weighted by molar-refractivity contribution is 5.80. The first kappa shape index (κ1) is 18.8. The molecule has 25 heavy (non-hydrogen) atoms. The Bertz CT molecular complexity index is 695. The third-order valence-corrected chi connectivity index (χ3v) is 4.33. The molecule has 4 heteroatoms. The van der Waals surface area contributed by atoms with Gasteiger partial charge in [-0.3, -0.25) is 4.79 Å². The van der Waals surface area contributed by atoms with Crippen molar-refractivity contribution in [3.63, 3.8) is 0 Å². The van der Waals surface area contributed by atoms with Gasteiger partial charge in [0, 0.05) is 6.54 Å². The largest absolute Gasteiger partial charge is 0.497 e. The Morgan fingerprint density at radius 1 is 1.12 bits per heavy atom. The van der Waals surface area contributed by atoms with Crippen LogP contribution in [0.4, 0.5) is 0 Å². The van der Waals surface area contributed by atoms with Gasteiger partial charge in [0.2, 0.25) is 0 Å². The lowest BCUT2D eigenvalue weighted by atomic mass is 10.1. The molecule has 0 aliphatic heterocycles. The quantitative estimate of drug-likeness (QED) is 0.742. The average Bonchev–Trinajstić information content (AvgIpc) is 2.62. The van der Waals surface area contributed by atoms with Gasteiger partial charge in [0.05, 0.1) is 7.11 Å². The van der Waals surface area contributed by atoms with Crippen molar-refractivity contribution < 1.29 is 14.3 Å². The second-order valence-electron chi connectivity index (χ2n) is 6.20. The van der Waals surface area contributed by atoms with Crippen molar-refractivity contribution in [2.75, 3.05) is 13.7 Å². The molecule has 1 atom stereocenters. The van der Waals surface area contributed by atoms with Gasteiger partial charge >= 0.3 is 0 Å². The molecule has 4 nitrogen and oxygen atoms in total. The molecule has 1 amide bonds. The van der Waals surface area contributed by atoms with Gasteiger partial charge in [-0.15, -0.1) is 0 Å². The summed E-state index contributed by atoms with van der Waals surface area (Å²) in [7, 11) is 1.66. The van der Waals surface area contributed by atoms with Crippen LogP contribution in [0.5, 0.6) is 11.5 Å². The first-order valence-corrected chi connectivity index (χ1v) is 8.64. The molecule has 0 spiro atoms. The zero-order chi connectivity index (χ0) is 18.2. The topological polar surface area (TPSA) is 47.6 Å². The summed E-state index contributed by atoms with van der Waals surface area (Å²) in [4.78, 5) is 12.2. The van der Waals surface area contributed by atoms with Crippen LogP contribution in [0.25, 0.3) is 0 Å². The number of nitrogens with one attached hydrogen (secondary N) is 1. The normalized spacial score (nSPS) is 11.7. The second kappa shape index (κ2) is 9.11. The zero-order valence-corrected chi connectivity index (χ0v) is 15.5. The fourth-order valence-corrected chi connectivity index (χ4v) is 2.54. The summed E-state index contributed by atoms with van der Waals surface area (Å²) in [5.41, 5.74) is 3.46. The summed E-state index contributed by atoms with van der Waals surface area (Å²) in [6.07, 6.45) is 1.28. The molecule has 2 aromatic carbocycles. The van der Waals surface area contributed by atoms with E-state index in [-0.39, 0.29) is 5.91 Å². The van der Waals surface area contributed by atoms with Gasteiger partial charge < -0.3 is 14.8 Å². The van der Waals surface area contributed by atoms with Crippen LogP contribution in [-0.2, 0) is 11.2 Å². The lowest BCUT2D eigenvalue weighted by Gasteiger charge is -2.17. The van der Waals surface area contributed by atoms with E-state index in [0.29, 0.717) is 6.54 Å². The monoisotopic (exact) mass is 341 g/mol. The van der Waals surface area contributed by atoms with Crippen LogP contribution in [0.15, 0.2) is 42.5 Å². The number of aryl methyl sites for hydroxylation is 2. The smallest absolute Gasteiger partial charge is 0.260 e. The zero-order valence-electron chi connectivity index (χ0n) is 15.5. The van der Waals surface area contributed by atoms with E-state index in [1.54, 1.807) is 14.0 Å². The van der Waals surface area contributed by atoms with Crippen LogP contribution in [0.3, 0.4) is 0 Å². The highest BCUT2D eigenvalue weighted by Gasteiger charge is 2.15. The summed E-state index contributed by atoms with van der Waals surface area (Å²) >= 11 is 0. The van der Waals surface area contributed by atoms with Crippen molar-refractivity contribution in [3.8, 4) is 11.5 Å². The van der Waals surface area contributed by atoms with Crippen LogP contribution >= 0.6 is 0 Å². The summed E-state index contributed by atoms with van der Waals surface area (Å²) in [5, 5.41) is 2.94. The summed E-state index contributed by atoms with van der Waals surface area (Å²) < 4.78 is 10.9. The van der Waals surface area contributed by atoms with Gasteiger partial charge in [0.25, 0.3) is 5.91 Å². The van der Waals surface area contributed by atoms with Crippen LogP contribution < -0.4 is 14.8 Å². The summed E-state index contributed by atoms with van der Waals surface area (Å²) in [6.45, 7) is 6.45. The number of amides is 1. The van der Waals surface area contributed by atoms with E-state index in [9.17, 15) is 4.79 Å². The highest BCUT2D eigenvalue weighted by atomic mass is 16.5. The molecule has 1 unspecified atom stereocenters. The molecular formula is C21H27NO3. The maximum Gasteiger partial charge on any atom is 0.260 e. The Hall–Kier alpha value is -2.49. The van der Waals surface area contributed by atoms with Gasteiger partial charge in [-0.25, -0.2) is 0 Å². The molecular weight excluding hydrogens is 314 g/mol. The third kappa shape index (κ3) is 5.52. The van der Waals surface area contributed by atoms with E-state index in [2.05, 4.69) is 5.32 Å². The third-order valence-electron chi connectivity index (χ3n) is 4.33. The van der Waals surface area contributed by atoms with Gasteiger partial charge in [-0.05, 0) is 68.5 Å². The summed E-state index contributed by atoms with van der Waals surface area (Å²) in [6, 6.07) is 13.9. The van der Waals surface area contributed by atoms with Crippen molar-refractivity contribution in [2.45, 2.75) is 39.7 Å². The Morgan fingerprint density at radius 2 is 1.84 bits per heavy atom. The summed E-state index contributed by atoms with van der Waals surface area (Å²) in [5.74, 6) is 1.53. The minimum absolute atomic E-state index is 0.0874. The molecule has 0 saturated heterocycles. The van der Waals surface area contributed by atoms with Crippen LogP contribution in [0, 0.1) is 13.8 Å². The highest BCUT2D eigenvalue weighted by Crippen LogP contribution is 2.21. The van der Waals surface area contributed by atoms with Crippen LogP contribution in [-0.4, -0.2) is 25.7 Å². The Kier molecular flexibility index (Phi) is 6.87. The lowest BCUT2D eigenvalue weighted by molar-refractivity contribution is -0.127. The Labute approximate surface area is 150 Å². The predicted octanol–water partition coefficient (Wildman–Crippen LogP) is 3.83. The fraction of sp³-hybridized carbons (Fsp3) is 0.381. The molecule has 0 aromatic heterocycles. The van der Waals surface area contributed by atoms with Crippen LogP contribution in [0.2, 0.25) is 0 Å². The van der Waals surface area contributed by atoms with E-state index in [1.165, 1.54) is 5.56 Å². The number of ether oxygens (including phenoxy) is 2. The van der Waals surface area contributed by atoms with E-state index in [0.717, 1.165) is 35.5 Å². The maximum atomic E-state index is 12.2. The van der Waals surface area contributed by atoms with Crippen molar-refractivity contribution in [2.24, 2.45) is 0 Å². The first-order chi connectivity index (χ1) is 12.0. The molecule has 0 bridgehead atoms. The number of carbonyl (C=O) groups excluding carboxylic acids is 1. The van der Waals surface area contributed by atoms with Gasteiger partial charge in [-0.1, -0.05) is 24.3 Å². The predicted molar refractivity (Wildman–Crippen MR) is 100 cm³/mol. The van der Waals surface area contributed by atoms with Crippen molar-refractivity contribution in [1.29, 1.82) is 0 Å². The van der Waals surface area contributed by atoms with Gasteiger partial charge in [0.15, 0.2) is 6.10 Å². The molecule has 0 fully saturated rings. The molecule has 0 aliphatic carbocycles. The lowest BCUT2D eigenvalue weighted by Crippen LogP contribution is -2.37. The standard InChI is InChI=1S/C21H27NO3/c1-15-7-5-9-20(16(15)2)25-17(3)21(23)22-14-6-8-18-10-12-19(24-4)13-11-18/h5,7,9-13,17H,6,8,14H2,1-4H3,(H,22,23). The minimum atomic E-state index is -0.513. The van der Waals surface area contributed by atoms with Gasteiger partial charge in [0.1, 0.15) is 11.5 Å². The van der Waals surface area contributed by atoms with Crippen molar-refractivity contribution in [1.82, 2.24) is 5.32 Å². The van der Waals surface area contributed by atoms with Crippen molar-refractivity contribution >= 4 is 5.91 Å². The number of methoxy groups -OCH3 is 1. The molecule has 0 aliphatic rings. The van der Waals surface area contributed by atoms with E-state index in [1.807, 2.05) is 56.3 Å². The molecule has 0 saturated carbocycles. The van der Waals surface area contributed by atoms with E-state index in [4.69, 9.17) is 9.47 Å². The number of hydrogen-bond donors (Lipinski definition) is 1. The average molecular weight is 341 g/mol. The molecule has 1 N–H and O–H groups in total. The molecule has 2 rings (SSSR count). The molecule has 134 valence electrons. The molecule has 0 heterocycles. The fourth-order valence-electron chi connectivity index (χ4n) is 2.54. The first-order valence-electron chi connectivity index (χ1n) is 8.64. The number of benzene rings is 2. The Balaban J connectivity index is 1.74. The van der Waals surface area contributed by atoms with E-state index >= 15 is 0 Å². The van der Waals surface area contributed by atoms with Gasteiger partial charge in [-0.2, -0.15) is 0 Å². The molecule has 0 radical (unpaired) electrons. The van der Waals surface area contributed by atoms with Crippen molar-refractivity contribution in [3.05, 3.63) is 59.2 Å². The number of hydrogen-bond acceptors (Lipinski definition) is 3. The van der Waals surface area contributed by atoms with Crippen LogP contribution in [0.1, 0.15) is 30.0 Å². The number of rotatable bonds is 8. The van der Waals surface area contributed by atoms with E-state index < -0.39 is 6.10 Å². The molecule has 2 aromatic rings. The minimum Gasteiger partial charge on any atom is -0.497 e. The SMILES string of the molecule is COc1ccc(CCCNC(=O)C(C)Oc2cccc(C)c2C)cc1. The second-order valence-corrected chi connectivity index (χ2v) is 6.20. The maximum absolute atomic E-state index is 12.2.